The van der Waals surface area contributed by atoms with Crippen LogP contribution in [0.5, 0.6) is 0 Å². The summed E-state index contributed by atoms with van der Waals surface area (Å²) < 4.78 is 28.2. The second-order valence-electron chi connectivity index (χ2n) is 7.59. The zero-order chi connectivity index (χ0) is 18.9. The van der Waals surface area contributed by atoms with Gasteiger partial charge in [0.25, 0.3) is 0 Å². The third-order valence-electron chi connectivity index (χ3n) is 5.79. The minimum Gasteiger partial charge on any atom is -0.352 e. The average molecular weight is 387 g/mol. The molecule has 5 nitrogen and oxygen atoms in total. The van der Waals surface area contributed by atoms with Crippen LogP contribution < -0.4 is 5.32 Å². The zero-order valence-corrected chi connectivity index (χ0v) is 16.2. The molecule has 2 aromatic rings. The summed E-state index contributed by atoms with van der Waals surface area (Å²) in [6.45, 7) is 0.397. The van der Waals surface area contributed by atoms with Crippen LogP contribution >= 0.6 is 0 Å². The minimum absolute atomic E-state index is 0.136. The lowest BCUT2D eigenvalue weighted by Gasteiger charge is -2.28. The van der Waals surface area contributed by atoms with E-state index < -0.39 is 16.1 Å². The van der Waals surface area contributed by atoms with Crippen molar-refractivity contribution in [2.75, 3.05) is 6.54 Å². The Morgan fingerprint density at radius 3 is 2.48 bits per heavy atom. The van der Waals surface area contributed by atoms with Crippen molar-refractivity contribution in [3.05, 3.63) is 42.5 Å². The highest BCUT2D eigenvalue weighted by molar-refractivity contribution is 7.89. The molecule has 27 heavy (non-hydrogen) atoms. The number of amides is 1. The number of carbonyl (C=O) groups excluding carboxylic acids is 1. The summed E-state index contributed by atoms with van der Waals surface area (Å²) in [5.74, 6) is -0.136. The second kappa shape index (κ2) is 7.60. The van der Waals surface area contributed by atoms with Gasteiger partial charge in [-0.05, 0) is 37.1 Å². The largest absolute Gasteiger partial charge is 0.352 e. The van der Waals surface area contributed by atoms with Gasteiger partial charge in [-0.15, -0.1) is 0 Å². The van der Waals surface area contributed by atoms with Gasteiger partial charge in [0, 0.05) is 18.0 Å². The lowest BCUT2D eigenvalue weighted by atomic mass is 9.95. The second-order valence-corrected chi connectivity index (χ2v) is 9.45. The highest BCUT2D eigenvalue weighted by Crippen LogP contribution is 2.31. The van der Waals surface area contributed by atoms with Gasteiger partial charge < -0.3 is 5.32 Å². The van der Waals surface area contributed by atoms with Crippen molar-refractivity contribution in [2.45, 2.75) is 61.9 Å². The van der Waals surface area contributed by atoms with Gasteiger partial charge in [0.05, 0.1) is 4.90 Å². The Hall–Kier alpha value is -1.92. The standard InChI is InChI=1S/C21H26N2O3S/c24-21(22-17-10-2-1-3-11-17)19-13-7-15-23(19)27(25,26)20-14-6-9-16-8-4-5-12-18(16)20/h4-6,8-9,12,14,17,19H,1-3,7,10-11,13,15H2,(H,22,24). The SMILES string of the molecule is O=C(NC1CCCCC1)C1CCCN1S(=O)(=O)c1cccc2ccccc12. The third-order valence-corrected chi connectivity index (χ3v) is 7.76. The molecule has 1 N–H and O–H groups in total. The molecule has 0 radical (unpaired) electrons. The lowest BCUT2D eigenvalue weighted by Crippen LogP contribution is -2.49. The number of carbonyl (C=O) groups is 1. The molecule has 1 aliphatic carbocycles. The van der Waals surface area contributed by atoms with Crippen LogP contribution in [0.4, 0.5) is 0 Å². The number of hydrogen-bond donors (Lipinski definition) is 1. The molecule has 0 bridgehead atoms. The van der Waals surface area contributed by atoms with E-state index in [0.29, 0.717) is 24.8 Å². The lowest BCUT2D eigenvalue weighted by molar-refractivity contribution is -0.125. The van der Waals surface area contributed by atoms with E-state index >= 15 is 0 Å². The van der Waals surface area contributed by atoms with Crippen molar-refractivity contribution in [3.63, 3.8) is 0 Å². The number of fused-ring (bicyclic) bond motifs is 1. The van der Waals surface area contributed by atoms with Gasteiger partial charge in [-0.2, -0.15) is 4.31 Å². The topological polar surface area (TPSA) is 66.5 Å². The van der Waals surface area contributed by atoms with E-state index in [4.69, 9.17) is 0 Å². The Morgan fingerprint density at radius 1 is 0.926 bits per heavy atom. The van der Waals surface area contributed by atoms with Crippen molar-refractivity contribution in [2.24, 2.45) is 0 Å². The Balaban J connectivity index is 1.61. The van der Waals surface area contributed by atoms with Crippen LogP contribution in [0.2, 0.25) is 0 Å². The summed E-state index contributed by atoms with van der Waals surface area (Å²) in [6, 6.07) is 12.4. The molecule has 1 saturated heterocycles. The van der Waals surface area contributed by atoms with Gasteiger partial charge in [0.15, 0.2) is 0 Å². The maximum Gasteiger partial charge on any atom is 0.244 e. The molecule has 1 atom stereocenters. The molecule has 1 saturated carbocycles. The van der Waals surface area contributed by atoms with Gasteiger partial charge in [0.2, 0.25) is 15.9 Å². The number of nitrogens with one attached hydrogen (secondary N) is 1. The molecule has 4 rings (SSSR count). The Morgan fingerprint density at radius 2 is 1.67 bits per heavy atom. The Labute approximate surface area is 160 Å². The van der Waals surface area contributed by atoms with Crippen LogP contribution in [0.25, 0.3) is 10.8 Å². The maximum absolute atomic E-state index is 13.4. The molecule has 1 heterocycles. The first-order chi connectivity index (χ1) is 13.1. The first-order valence-corrected chi connectivity index (χ1v) is 11.3. The van der Waals surface area contributed by atoms with E-state index in [0.717, 1.165) is 31.1 Å². The highest BCUT2D eigenvalue weighted by atomic mass is 32.2. The number of hydrogen-bond acceptors (Lipinski definition) is 3. The molecule has 1 aliphatic heterocycles. The van der Waals surface area contributed by atoms with Crippen molar-refractivity contribution in [1.29, 1.82) is 0 Å². The van der Waals surface area contributed by atoms with Gasteiger partial charge >= 0.3 is 0 Å². The fourth-order valence-corrected chi connectivity index (χ4v) is 6.25. The number of sulfonamides is 1. The molecular weight excluding hydrogens is 360 g/mol. The minimum atomic E-state index is -3.73. The smallest absolute Gasteiger partial charge is 0.244 e. The number of nitrogens with zero attached hydrogens (tertiary/aromatic N) is 1. The molecule has 1 amide bonds. The molecule has 144 valence electrons. The van der Waals surface area contributed by atoms with Crippen LogP contribution in [0.3, 0.4) is 0 Å². The third kappa shape index (κ3) is 3.60. The van der Waals surface area contributed by atoms with E-state index in [-0.39, 0.29) is 16.8 Å². The molecule has 6 heteroatoms. The fourth-order valence-electron chi connectivity index (χ4n) is 4.38. The number of rotatable bonds is 4. The van der Waals surface area contributed by atoms with Gasteiger partial charge in [-0.25, -0.2) is 8.42 Å². The maximum atomic E-state index is 13.4. The molecule has 2 fully saturated rings. The highest BCUT2D eigenvalue weighted by Gasteiger charge is 2.40. The van der Waals surface area contributed by atoms with Crippen molar-refractivity contribution >= 4 is 26.7 Å². The monoisotopic (exact) mass is 386 g/mol. The Bertz CT molecular complexity index is 930. The van der Waals surface area contributed by atoms with E-state index in [1.807, 2.05) is 30.3 Å². The van der Waals surface area contributed by atoms with E-state index in [1.165, 1.54) is 10.7 Å². The molecular formula is C21H26N2O3S. The van der Waals surface area contributed by atoms with Crippen molar-refractivity contribution < 1.29 is 13.2 Å². The first-order valence-electron chi connectivity index (χ1n) is 9.87. The molecule has 2 aromatic carbocycles. The van der Waals surface area contributed by atoms with Crippen LogP contribution in [0.15, 0.2) is 47.4 Å². The summed E-state index contributed by atoms with van der Waals surface area (Å²) in [7, 11) is -3.73. The van der Waals surface area contributed by atoms with Gasteiger partial charge in [-0.1, -0.05) is 55.7 Å². The van der Waals surface area contributed by atoms with Crippen molar-refractivity contribution in [3.8, 4) is 0 Å². The quantitative estimate of drug-likeness (QED) is 0.875. The van der Waals surface area contributed by atoms with Crippen LogP contribution in [-0.4, -0.2) is 37.3 Å². The zero-order valence-electron chi connectivity index (χ0n) is 15.4. The molecule has 0 spiro atoms. The number of benzene rings is 2. The molecule has 1 unspecified atom stereocenters. The van der Waals surface area contributed by atoms with E-state index in [9.17, 15) is 13.2 Å². The summed E-state index contributed by atoms with van der Waals surface area (Å²) in [5.41, 5.74) is 0. The van der Waals surface area contributed by atoms with E-state index in [1.54, 1.807) is 12.1 Å². The fraction of sp³-hybridized carbons (Fsp3) is 0.476. The van der Waals surface area contributed by atoms with Crippen LogP contribution in [0, 0.1) is 0 Å². The summed E-state index contributed by atoms with van der Waals surface area (Å²) >= 11 is 0. The van der Waals surface area contributed by atoms with Crippen LogP contribution in [-0.2, 0) is 14.8 Å². The van der Waals surface area contributed by atoms with Gasteiger partial charge in [0.1, 0.15) is 6.04 Å². The molecule has 0 aromatic heterocycles. The predicted octanol–water partition coefficient (Wildman–Crippen LogP) is 3.44. The summed E-state index contributed by atoms with van der Waals surface area (Å²) in [5, 5.41) is 4.70. The average Bonchev–Trinajstić information content (AvgIpc) is 3.19. The summed E-state index contributed by atoms with van der Waals surface area (Å²) in [4.78, 5) is 13.1. The normalized spacial score (nSPS) is 22.1. The van der Waals surface area contributed by atoms with Gasteiger partial charge in [-0.3, -0.25) is 4.79 Å². The first kappa shape index (κ1) is 18.4. The Kier molecular flexibility index (Phi) is 5.19. The molecule has 2 aliphatic rings. The predicted molar refractivity (Wildman–Crippen MR) is 106 cm³/mol. The van der Waals surface area contributed by atoms with Crippen LogP contribution in [0.1, 0.15) is 44.9 Å². The van der Waals surface area contributed by atoms with Crippen molar-refractivity contribution in [1.82, 2.24) is 9.62 Å². The van der Waals surface area contributed by atoms with E-state index in [2.05, 4.69) is 5.32 Å². The summed E-state index contributed by atoms with van der Waals surface area (Å²) in [6.07, 6.45) is 6.77.